The number of nitrogens with zero attached hydrogens (tertiary/aromatic N) is 2. The van der Waals surface area contributed by atoms with Crippen molar-refractivity contribution in [2.75, 3.05) is 0 Å². The molecule has 1 atom stereocenters. The Hall–Kier alpha value is -1.42. The van der Waals surface area contributed by atoms with Gasteiger partial charge in [-0.15, -0.1) is 0 Å². The number of aromatic amines is 1. The number of benzene rings is 1. The molecule has 0 spiro atoms. The Kier molecular flexibility index (Phi) is 3.97. The first kappa shape index (κ1) is 13.0. The maximum atomic E-state index is 13.7. The van der Waals surface area contributed by atoms with E-state index in [9.17, 15) is 4.39 Å². The van der Waals surface area contributed by atoms with Crippen LogP contribution in [0.25, 0.3) is 11.4 Å². The number of rotatable bonds is 4. The summed E-state index contributed by atoms with van der Waals surface area (Å²) in [6, 6.07) is 4.55. The zero-order valence-electron chi connectivity index (χ0n) is 10.4. The Morgan fingerprint density at radius 2 is 2.22 bits per heavy atom. The molecule has 5 heteroatoms. The fourth-order valence-electron chi connectivity index (χ4n) is 1.68. The smallest absolute Gasteiger partial charge is 0.185 e. The lowest BCUT2D eigenvalue weighted by Gasteiger charge is -2.03. The molecule has 0 radical (unpaired) electrons. The number of hydrogen-bond donors (Lipinski definition) is 1. The zero-order valence-corrected chi connectivity index (χ0v) is 11.1. The summed E-state index contributed by atoms with van der Waals surface area (Å²) in [7, 11) is 0. The summed E-state index contributed by atoms with van der Waals surface area (Å²) in [6.45, 7) is 4.26. The van der Waals surface area contributed by atoms with Crippen molar-refractivity contribution in [3.63, 3.8) is 0 Å². The average molecular weight is 268 g/mol. The molecule has 1 aromatic heterocycles. The second kappa shape index (κ2) is 5.48. The minimum Gasteiger partial charge on any atom is -0.263 e. The van der Waals surface area contributed by atoms with Crippen LogP contribution in [0.3, 0.4) is 0 Å². The third kappa shape index (κ3) is 2.70. The summed E-state index contributed by atoms with van der Waals surface area (Å²) in [5.74, 6) is 1.19. The molecule has 0 saturated carbocycles. The quantitative estimate of drug-likeness (QED) is 0.914. The van der Waals surface area contributed by atoms with Gasteiger partial charge in [-0.3, -0.25) is 5.10 Å². The van der Waals surface area contributed by atoms with Gasteiger partial charge in [-0.25, -0.2) is 9.37 Å². The molecule has 2 aromatic rings. The third-order valence-corrected chi connectivity index (χ3v) is 3.27. The molecular formula is C13H15ClFN3. The Bertz CT molecular complexity index is 519. The van der Waals surface area contributed by atoms with Gasteiger partial charge in [0, 0.05) is 6.42 Å². The lowest BCUT2D eigenvalue weighted by atomic mass is 10.1. The van der Waals surface area contributed by atoms with Crippen molar-refractivity contribution < 1.29 is 4.39 Å². The Balaban J connectivity index is 2.30. The van der Waals surface area contributed by atoms with Gasteiger partial charge in [0.2, 0.25) is 0 Å². The molecule has 0 fully saturated rings. The predicted molar refractivity (Wildman–Crippen MR) is 69.9 cm³/mol. The van der Waals surface area contributed by atoms with Crippen molar-refractivity contribution in [2.24, 2.45) is 5.92 Å². The summed E-state index contributed by atoms with van der Waals surface area (Å²) in [4.78, 5) is 4.30. The van der Waals surface area contributed by atoms with E-state index in [1.807, 2.05) is 0 Å². The lowest BCUT2D eigenvalue weighted by Crippen LogP contribution is -1.99. The first-order valence-corrected chi connectivity index (χ1v) is 6.35. The van der Waals surface area contributed by atoms with Gasteiger partial charge in [0.05, 0.1) is 10.6 Å². The Morgan fingerprint density at radius 3 is 2.89 bits per heavy atom. The van der Waals surface area contributed by atoms with Gasteiger partial charge in [0.1, 0.15) is 11.6 Å². The van der Waals surface area contributed by atoms with Gasteiger partial charge in [-0.2, -0.15) is 5.10 Å². The molecule has 2 rings (SSSR count). The molecule has 0 bridgehead atoms. The first-order chi connectivity index (χ1) is 8.61. The second-order valence-electron chi connectivity index (χ2n) is 4.42. The maximum absolute atomic E-state index is 13.7. The molecule has 3 nitrogen and oxygen atoms in total. The van der Waals surface area contributed by atoms with E-state index in [4.69, 9.17) is 11.6 Å². The van der Waals surface area contributed by atoms with Crippen molar-refractivity contribution in [2.45, 2.75) is 26.7 Å². The van der Waals surface area contributed by atoms with E-state index in [1.54, 1.807) is 12.1 Å². The fraction of sp³-hybridized carbons (Fsp3) is 0.385. The number of nitrogens with one attached hydrogen (secondary N) is 1. The highest BCUT2D eigenvalue weighted by Gasteiger charge is 2.15. The molecule has 0 aliphatic heterocycles. The van der Waals surface area contributed by atoms with Gasteiger partial charge < -0.3 is 0 Å². The van der Waals surface area contributed by atoms with Crippen molar-refractivity contribution in [1.29, 1.82) is 0 Å². The van der Waals surface area contributed by atoms with Gasteiger partial charge in [-0.05, 0) is 18.1 Å². The van der Waals surface area contributed by atoms with Gasteiger partial charge in [0.25, 0.3) is 0 Å². The number of hydrogen-bond acceptors (Lipinski definition) is 2. The lowest BCUT2D eigenvalue weighted by molar-refractivity contribution is 0.544. The van der Waals surface area contributed by atoms with Crippen LogP contribution >= 0.6 is 11.6 Å². The van der Waals surface area contributed by atoms with E-state index < -0.39 is 5.82 Å². The SMILES string of the molecule is CC[C@@H](C)Cc1nc(-c2c(F)cccc2Cl)n[nH]1. The molecule has 0 unspecified atom stereocenters. The van der Waals surface area contributed by atoms with Crippen molar-refractivity contribution >= 4 is 11.6 Å². The standard InChI is InChI=1S/C13H15ClFN3/c1-3-8(2)7-11-16-13(18-17-11)12-9(14)5-4-6-10(12)15/h4-6,8H,3,7H2,1-2H3,(H,16,17,18)/t8-/m1/s1. The normalized spacial score (nSPS) is 12.7. The zero-order chi connectivity index (χ0) is 13.1. The number of H-pyrrole nitrogens is 1. The van der Waals surface area contributed by atoms with Crippen molar-refractivity contribution in [3.8, 4) is 11.4 Å². The molecule has 18 heavy (non-hydrogen) atoms. The maximum Gasteiger partial charge on any atom is 0.185 e. The Labute approximate surface area is 110 Å². The van der Waals surface area contributed by atoms with Crippen LogP contribution in [0.2, 0.25) is 5.02 Å². The van der Waals surface area contributed by atoms with Gasteiger partial charge >= 0.3 is 0 Å². The van der Waals surface area contributed by atoms with Crippen LogP contribution in [0.15, 0.2) is 18.2 Å². The van der Waals surface area contributed by atoms with E-state index >= 15 is 0 Å². The summed E-state index contributed by atoms with van der Waals surface area (Å²) in [5.41, 5.74) is 0.255. The minimum absolute atomic E-state index is 0.255. The van der Waals surface area contributed by atoms with Crippen molar-refractivity contribution in [1.82, 2.24) is 15.2 Å². The van der Waals surface area contributed by atoms with Gasteiger partial charge in [-0.1, -0.05) is 37.9 Å². The minimum atomic E-state index is -0.406. The Morgan fingerprint density at radius 1 is 1.44 bits per heavy atom. The molecule has 0 saturated heterocycles. The van der Waals surface area contributed by atoms with Crippen molar-refractivity contribution in [3.05, 3.63) is 34.9 Å². The average Bonchev–Trinajstić information content (AvgIpc) is 2.77. The molecule has 0 aliphatic rings. The molecule has 1 heterocycles. The monoisotopic (exact) mass is 267 g/mol. The van der Waals surface area contributed by atoms with Crippen LogP contribution in [0, 0.1) is 11.7 Å². The summed E-state index contributed by atoms with van der Waals surface area (Å²) in [5, 5.41) is 7.20. The van der Waals surface area contributed by atoms with Crippen LogP contribution in [-0.2, 0) is 6.42 Å². The van der Waals surface area contributed by atoms with Gasteiger partial charge in [0.15, 0.2) is 5.82 Å². The van der Waals surface area contributed by atoms with E-state index in [0.717, 1.165) is 18.7 Å². The van der Waals surface area contributed by atoms with Crippen LogP contribution in [0.1, 0.15) is 26.1 Å². The highest BCUT2D eigenvalue weighted by Crippen LogP contribution is 2.27. The molecular weight excluding hydrogens is 253 g/mol. The van der Waals surface area contributed by atoms with Crippen LogP contribution in [0.5, 0.6) is 0 Å². The van der Waals surface area contributed by atoms with Crippen LogP contribution in [0.4, 0.5) is 4.39 Å². The van der Waals surface area contributed by atoms with E-state index in [1.165, 1.54) is 6.07 Å². The summed E-state index contributed by atoms with van der Waals surface area (Å²) >= 11 is 5.97. The molecule has 0 aliphatic carbocycles. The van der Waals surface area contributed by atoms with Crippen LogP contribution < -0.4 is 0 Å². The second-order valence-corrected chi connectivity index (χ2v) is 4.83. The predicted octanol–water partition coefficient (Wildman–Crippen LogP) is 3.85. The van der Waals surface area contributed by atoms with E-state index in [-0.39, 0.29) is 5.56 Å². The van der Waals surface area contributed by atoms with E-state index in [2.05, 4.69) is 29.0 Å². The fourth-order valence-corrected chi connectivity index (χ4v) is 1.93. The highest BCUT2D eigenvalue weighted by atomic mass is 35.5. The summed E-state index contributed by atoms with van der Waals surface area (Å²) in [6.07, 6.45) is 1.87. The summed E-state index contributed by atoms with van der Waals surface area (Å²) < 4.78 is 13.7. The first-order valence-electron chi connectivity index (χ1n) is 5.97. The molecule has 1 aromatic carbocycles. The van der Waals surface area contributed by atoms with Crippen LogP contribution in [-0.4, -0.2) is 15.2 Å². The third-order valence-electron chi connectivity index (χ3n) is 2.96. The largest absolute Gasteiger partial charge is 0.263 e. The number of aromatic nitrogens is 3. The van der Waals surface area contributed by atoms with E-state index in [0.29, 0.717) is 16.8 Å². The molecule has 96 valence electrons. The number of halogens is 2. The molecule has 0 amide bonds. The topological polar surface area (TPSA) is 41.6 Å². The molecule has 1 N–H and O–H groups in total. The highest BCUT2D eigenvalue weighted by molar-refractivity contribution is 6.33.